The van der Waals surface area contributed by atoms with Crippen LogP contribution in [0, 0.1) is 11.8 Å². The Morgan fingerprint density at radius 1 is 1.50 bits per heavy atom. The van der Waals surface area contributed by atoms with Gasteiger partial charge in [-0.3, -0.25) is 0 Å². The summed E-state index contributed by atoms with van der Waals surface area (Å²) in [4.78, 5) is 0. The first-order valence-electron chi connectivity index (χ1n) is 3.51. The van der Waals surface area contributed by atoms with E-state index in [2.05, 4.69) is 26.0 Å². The number of hydrogen-bond donors (Lipinski definition) is 0. The van der Waals surface area contributed by atoms with Gasteiger partial charge in [-0.05, 0) is 24.7 Å². The lowest BCUT2D eigenvalue weighted by Crippen LogP contribution is -1.91. The maximum Gasteiger partial charge on any atom is -0.0231 e. The van der Waals surface area contributed by atoms with Gasteiger partial charge >= 0.3 is 0 Å². The van der Waals surface area contributed by atoms with Crippen LogP contribution in [-0.2, 0) is 0 Å². The lowest BCUT2D eigenvalue weighted by atomic mass is 10.0. The molecule has 0 N–H and O–H groups in total. The Morgan fingerprint density at radius 2 is 2.25 bits per heavy atom. The highest BCUT2D eigenvalue weighted by Gasteiger charge is 2.11. The quantitative estimate of drug-likeness (QED) is 0.455. The third kappa shape index (κ3) is 1.12. The average molecular weight is 110 g/mol. The van der Waals surface area contributed by atoms with Gasteiger partial charge < -0.3 is 0 Å². The van der Waals surface area contributed by atoms with Crippen molar-refractivity contribution in [3.05, 3.63) is 12.2 Å². The highest BCUT2D eigenvalue weighted by molar-refractivity contribution is 4.99. The van der Waals surface area contributed by atoms with Crippen molar-refractivity contribution in [2.75, 3.05) is 0 Å². The lowest BCUT2D eigenvalue weighted by molar-refractivity contribution is 0.538. The third-order valence-electron chi connectivity index (χ3n) is 1.91. The molecule has 0 aromatic rings. The van der Waals surface area contributed by atoms with Gasteiger partial charge in [0.1, 0.15) is 0 Å². The molecule has 2 unspecified atom stereocenters. The number of allylic oxidation sites excluding steroid dienone is 2. The summed E-state index contributed by atoms with van der Waals surface area (Å²) in [6.45, 7) is 4.54. The van der Waals surface area contributed by atoms with Crippen molar-refractivity contribution in [3.8, 4) is 0 Å². The molecule has 1 rings (SSSR count). The summed E-state index contributed by atoms with van der Waals surface area (Å²) in [5.41, 5.74) is 0. The van der Waals surface area contributed by atoms with Gasteiger partial charge in [0.15, 0.2) is 0 Å². The first-order valence-corrected chi connectivity index (χ1v) is 3.51. The Hall–Kier alpha value is -0.260. The van der Waals surface area contributed by atoms with Crippen LogP contribution >= 0.6 is 0 Å². The van der Waals surface area contributed by atoms with Crippen molar-refractivity contribution in [1.29, 1.82) is 0 Å². The molecule has 0 bridgehead atoms. The molecule has 0 heteroatoms. The van der Waals surface area contributed by atoms with E-state index in [1.807, 2.05) is 0 Å². The van der Waals surface area contributed by atoms with Gasteiger partial charge in [0.2, 0.25) is 0 Å². The van der Waals surface area contributed by atoms with Crippen molar-refractivity contribution in [2.45, 2.75) is 26.7 Å². The van der Waals surface area contributed by atoms with Gasteiger partial charge in [0.25, 0.3) is 0 Å². The van der Waals surface area contributed by atoms with Gasteiger partial charge in [-0.25, -0.2) is 0 Å². The number of rotatable bonds is 1. The molecule has 0 saturated heterocycles. The molecule has 0 aliphatic heterocycles. The monoisotopic (exact) mass is 110 g/mol. The molecule has 0 aromatic heterocycles. The maximum absolute atomic E-state index is 2.35. The lowest BCUT2D eigenvalue weighted by Gasteiger charge is -2.02. The smallest absolute Gasteiger partial charge is 0.0231 e. The molecule has 8 heavy (non-hydrogen) atoms. The highest BCUT2D eigenvalue weighted by Crippen LogP contribution is 2.24. The molecule has 0 heterocycles. The summed E-state index contributed by atoms with van der Waals surface area (Å²) in [5.74, 6) is 1.74. The fourth-order valence-electron chi connectivity index (χ4n) is 1.28. The van der Waals surface area contributed by atoms with Gasteiger partial charge in [0.05, 0.1) is 0 Å². The highest BCUT2D eigenvalue weighted by atomic mass is 14.2. The summed E-state index contributed by atoms with van der Waals surface area (Å²) in [6.07, 6.45) is 7.39. The van der Waals surface area contributed by atoms with Crippen LogP contribution in [0.4, 0.5) is 0 Å². The van der Waals surface area contributed by atoms with E-state index < -0.39 is 0 Å². The summed E-state index contributed by atoms with van der Waals surface area (Å²) in [7, 11) is 0. The Balaban J connectivity index is 2.34. The van der Waals surface area contributed by atoms with Crippen LogP contribution in [0.3, 0.4) is 0 Å². The maximum atomic E-state index is 2.35. The minimum atomic E-state index is 0.847. The Bertz CT molecular complexity index is 92.2. The fraction of sp³-hybridized carbons (Fsp3) is 0.750. The van der Waals surface area contributed by atoms with Crippen LogP contribution in [-0.4, -0.2) is 0 Å². The van der Waals surface area contributed by atoms with Gasteiger partial charge in [-0.1, -0.05) is 26.0 Å². The van der Waals surface area contributed by atoms with Gasteiger partial charge in [-0.15, -0.1) is 0 Å². The first-order chi connectivity index (χ1) is 3.83. The Kier molecular flexibility index (Phi) is 1.72. The predicted octanol–water partition coefficient (Wildman–Crippen LogP) is 2.61. The summed E-state index contributed by atoms with van der Waals surface area (Å²) in [5, 5.41) is 0. The minimum absolute atomic E-state index is 0.847. The SMILES string of the molecule is CCC1C=CC(C)C1. The zero-order valence-corrected chi connectivity index (χ0v) is 5.72. The van der Waals surface area contributed by atoms with Crippen molar-refractivity contribution in [2.24, 2.45) is 11.8 Å². The molecule has 0 nitrogen and oxygen atoms in total. The molecular formula is C8H14. The van der Waals surface area contributed by atoms with E-state index in [9.17, 15) is 0 Å². The molecule has 0 fully saturated rings. The zero-order chi connectivity index (χ0) is 5.98. The molecule has 2 atom stereocenters. The third-order valence-corrected chi connectivity index (χ3v) is 1.91. The predicted molar refractivity (Wildman–Crippen MR) is 36.7 cm³/mol. The van der Waals surface area contributed by atoms with E-state index in [1.165, 1.54) is 12.8 Å². The van der Waals surface area contributed by atoms with Crippen LogP contribution in [0.1, 0.15) is 26.7 Å². The zero-order valence-electron chi connectivity index (χ0n) is 5.72. The van der Waals surface area contributed by atoms with Crippen LogP contribution in [0.25, 0.3) is 0 Å². The van der Waals surface area contributed by atoms with E-state index in [0.29, 0.717) is 0 Å². The Morgan fingerprint density at radius 3 is 2.50 bits per heavy atom. The minimum Gasteiger partial charge on any atom is -0.0854 e. The second-order valence-electron chi connectivity index (χ2n) is 2.77. The normalized spacial score (nSPS) is 36.2. The topological polar surface area (TPSA) is 0 Å². The largest absolute Gasteiger partial charge is 0.0854 e. The summed E-state index contributed by atoms with van der Waals surface area (Å²) in [6, 6.07) is 0. The van der Waals surface area contributed by atoms with E-state index >= 15 is 0 Å². The fourth-order valence-corrected chi connectivity index (χ4v) is 1.28. The molecule has 0 amide bonds. The standard InChI is InChI=1S/C8H14/c1-3-8-5-4-7(2)6-8/h4-5,7-8H,3,6H2,1-2H3. The summed E-state index contributed by atoms with van der Waals surface area (Å²) >= 11 is 0. The van der Waals surface area contributed by atoms with Crippen LogP contribution < -0.4 is 0 Å². The van der Waals surface area contributed by atoms with Crippen LogP contribution in [0.15, 0.2) is 12.2 Å². The van der Waals surface area contributed by atoms with Crippen molar-refractivity contribution in [1.82, 2.24) is 0 Å². The van der Waals surface area contributed by atoms with E-state index in [-0.39, 0.29) is 0 Å². The molecule has 0 spiro atoms. The van der Waals surface area contributed by atoms with Crippen LogP contribution in [0.2, 0.25) is 0 Å². The first kappa shape index (κ1) is 5.87. The molecule has 0 saturated carbocycles. The molecule has 1 aliphatic rings. The van der Waals surface area contributed by atoms with Crippen molar-refractivity contribution >= 4 is 0 Å². The molecule has 1 aliphatic carbocycles. The second kappa shape index (κ2) is 2.34. The molecular weight excluding hydrogens is 96.1 g/mol. The average Bonchev–Trinajstić information content (AvgIpc) is 2.14. The molecule has 0 aromatic carbocycles. The Labute approximate surface area is 51.6 Å². The number of hydrogen-bond acceptors (Lipinski definition) is 0. The summed E-state index contributed by atoms with van der Waals surface area (Å²) < 4.78 is 0. The van der Waals surface area contributed by atoms with E-state index in [4.69, 9.17) is 0 Å². The van der Waals surface area contributed by atoms with E-state index in [1.54, 1.807) is 0 Å². The van der Waals surface area contributed by atoms with E-state index in [0.717, 1.165) is 11.8 Å². The van der Waals surface area contributed by atoms with Crippen molar-refractivity contribution in [3.63, 3.8) is 0 Å². The van der Waals surface area contributed by atoms with Crippen molar-refractivity contribution < 1.29 is 0 Å². The molecule has 0 radical (unpaired) electrons. The van der Waals surface area contributed by atoms with Gasteiger partial charge in [-0.2, -0.15) is 0 Å². The second-order valence-corrected chi connectivity index (χ2v) is 2.77. The van der Waals surface area contributed by atoms with Gasteiger partial charge in [0, 0.05) is 0 Å². The van der Waals surface area contributed by atoms with Crippen LogP contribution in [0.5, 0.6) is 0 Å². The molecule has 46 valence electrons.